The zero-order valence-electron chi connectivity index (χ0n) is 9.07. The Kier molecular flexibility index (Phi) is 2.77. The van der Waals surface area contributed by atoms with E-state index in [9.17, 15) is 9.18 Å². The van der Waals surface area contributed by atoms with Gasteiger partial charge < -0.3 is 4.74 Å². The Hall–Kier alpha value is -1.64. The fourth-order valence-electron chi connectivity index (χ4n) is 2.00. The van der Waals surface area contributed by atoms with E-state index in [2.05, 4.69) is 6.58 Å². The monoisotopic (exact) mass is 220 g/mol. The molecule has 1 aliphatic heterocycles. The summed E-state index contributed by atoms with van der Waals surface area (Å²) in [6, 6.07) is 6.48. The second-order valence-electron chi connectivity index (χ2n) is 4.05. The smallest absolute Gasteiger partial charge is 0.334 e. The first kappa shape index (κ1) is 10.9. The van der Waals surface area contributed by atoms with Crippen LogP contribution in [0.3, 0.4) is 0 Å². The normalized spacial score (nSPS) is 25.4. The van der Waals surface area contributed by atoms with Crippen molar-refractivity contribution in [2.75, 3.05) is 0 Å². The Labute approximate surface area is 93.7 Å². The first-order valence-electron chi connectivity index (χ1n) is 5.24. The Morgan fingerprint density at radius 3 is 2.81 bits per heavy atom. The van der Waals surface area contributed by atoms with E-state index < -0.39 is 5.97 Å². The molecule has 0 saturated carbocycles. The molecule has 84 valence electrons. The van der Waals surface area contributed by atoms with Crippen LogP contribution < -0.4 is 0 Å². The van der Waals surface area contributed by atoms with E-state index in [0.29, 0.717) is 17.6 Å². The lowest BCUT2D eigenvalue weighted by Crippen LogP contribution is -2.28. The summed E-state index contributed by atoms with van der Waals surface area (Å²) in [5.41, 5.74) is 0.860. The summed E-state index contributed by atoms with van der Waals surface area (Å²) in [7, 11) is 0. The van der Waals surface area contributed by atoms with Gasteiger partial charge in [-0.25, -0.2) is 9.18 Å². The molecule has 16 heavy (non-hydrogen) atoms. The molecule has 2 rings (SSSR count). The molecule has 1 aromatic rings. The Morgan fingerprint density at radius 2 is 2.12 bits per heavy atom. The van der Waals surface area contributed by atoms with Crippen LogP contribution >= 0.6 is 0 Å². The number of halogens is 1. The lowest BCUT2D eigenvalue weighted by Gasteiger charge is -2.28. The Balaban J connectivity index is 2.36. The van der Waals surface area contributed by atoms with Gasteiger partial charge in [-0.3, -0.25) is 0 Å². The molecule has 2 atom stereocenters. The van der Waals surface area contributed by atoms with Crippen molar-refractivity contribution < 1.29 is 13.9 Å². The van der Waals surface area contributed by atoms with Crippen molar-refractivity contribution in [2.24, 2.45) is 0 Å². The summed E-state index contributed by atoms with van der Waals surface area (Å²) in [5, 5.41) is 0. The predicted molar refractivity (Wildman–Crippen MR) is 58.5 cm³/mol. The molecule has 2 nitrogen and oxygen atoms in total. The van der Waals surface area contributed by atoms with Gasteiger partial charge in [-0.2, -0.15) is 0 Å². The predicted octanol–water partition coefficient (Wildman–Crippen LogP) is 2.80. The minimum atomic E-state index is -0.424. The maximum Gasteiger partial charge on any atom is 0.334 e. The van der Waals surface area contributed by atoms with Crippen LogP contribution in [0.2, 0.25) is 0 Å². The number of carbonyl (C=O) groups is 1. The van der Waals surface area contributed by atoms with Crippen molar-refractivity contribution in [3.8, 4) is 0 Å². The fraction of sp³-hybridized carbons (Fsp3) is 0.308. The van der Waals surface area contributed by atoms with Gasteiger partial charge in [0.25, 0.3) is 0 Å². The number of esters is 1. The van der Waals surface area contributed by atoms with Gasteiger partial charge in [0.05, 0.1) is 0 Å². The van der Waals surface area contributed by atoms with Crippen LogP contribution in [0.15, 0.2) is 36.4 Å². The summed E-state index contributed by atoms with van der Waals surface area (Å²) < 4.78 is 18.6. The van der Waals surface area contributed by atoms with Crippen molar-refractivity contribution in [3.05, 3.63) is 47.8 Å². The summed E-state index contributed by atoms with van der Waals surface area (Å²) in [6.45, 7) is 5.49. The van der Waals surface area contributed by atoms with E-state index in [4.69, 9.17) is 4.74 Å². The SMILES string of the molecule is C=C1C(=O)OC(C)CC1c1ccccc1F. The van der Waals surface area contributed by atoms with Crippen LogP contribution in [0.25, 0.3) is 0 Å². The van der Waals surface area contributed by atoms with Crippen molar-refractivity contribution in [3.63, 3.8) is 0 Å². The molecule has 0 aliphatic carbocycles. The molecule has 1 aliphatic rings. The quantitative estimate of drug-likeness (QED) is 0.537. The van der Waals surface area contributed by atoms with Gasteiger partial charge in [0.2, 0.25) is 0 Å². The van der Waals surface area contributed by atoms with Crippen LogP contribution in [-0.4, -0.2) is 12.1 Å². The first-order chi connectivity index (χ1) is 7.59. The highest BCUT2D eigenvalue weighted by molar-refractivity contribution is 5.90. The molecule has 0 N–H and O–H groups in total. The molecule has 0 aromatic heterocycles. The van der Waals surface area contributed by atoms with Crippen molar-refractivity contribution >= 4 is 5.97 Å². The molecule has 1 aromatic carbocycles. The van der Waals surface area contributed by atoms with Crippen LogP contribution in [0.4, 0.5) is 4.39 Å². The lowest BCUT2D eigenvalue weighted by molar-refractivity contribution is -0.147. The van der Waals surface area contributed by atoms with Gasteiger partial charge in [0.1, 0.15) is 11.9 Å². The molecular weight excluding hydrogens is 207 g/mol. The highest BCUT2D eigenvalue weighted by Gasteiger charge is 2.32. The van der Waals surface area contributed by atoms with Gasteiger partial charge >= 0.3 is 5.97 Å². The third-order valence-electron chi connectivity index (χ3n) is 2.84. The number of benzene rings is 1. The molecule has 1 fully saturated rings. The largest absolute Gasteiger partial charge is 0.459 e. The van der Waals surface area contributed by atoms with Crippen LogP contribution in [0.5, 0.6) is 0 Å². The zero-order chi connectivity index (χ0) is 11.7. The Bertz CT molecular complexity index is 439. The number of ether oxygens (including phenoxy) is 1. The number of hydrogen-bond donors (Lipinski definition) is 0. The minimum absolute atomic E-state index is 0.192. The molecule has 1 saturated heterocycles. The fourth-order valence-corrected chi connectivity index (χ4v) is 2.00. The van der Waals surface area contributed by atoms with E-state index in [1.807, 2.05) is 0 Å². The van der Waals surface area contributed by atoms with Gasteiger partial charge in [0, 0.05) is 11.5 Å². The van der Waals surface area contributed by atoms with E-state index in [-0.39, 0.29) is 17.8 Å². The number of cyclic esters (lactones) is 1. The average Bonchev–Trinajstić information content (AvgIpc) is 2.24. The van der Waals surface area contributed by atoms with Crippen LogP contribution in [-0.2, 0) is 9.53 Å². The second-order valence-corrected chi connectivity index (χ2v) is 4.05. The second kappa shape index (κ2) is 4.08. The lowest BCUT2D eigenvalue weighted by atomic mass is 9.85. The summed E-state index contributed by atoms with van der Waals surface area (Å²) in [4.78, 5) is 11.5. The number of hydrogen-bond acceptors (Lipinski definition) is 2. The van der Waals surface area contributed by atoms with Gasteiger partial charge in [0.15, 0.2) is 0 Å². The molecular formula is C13H13FO2. The van der Waals surface area contributed by atoms with Crippen molar-refractivity contribution in [1.29, 1.82) is 0 Å². The van der Waals surface area contributed by atoms with Crippen LogP contribution in [0.1, 0.15) is 24.8 Å². The van der Waals surface area contributed by atoms with E-state index in [0.717, 1.165) is 0 Å². The van der Waals surface area contributed by atoms with Gasteiger partial charge in [-0.05, 0) is 25.0 Å². The third kappa shape index (κ3) is 1.85. The van der Waals surface area contributed by atoms with E-state index >= 15 is 0 Å². The van der Waals surface area contributed by atoms with Crippen molar-refractivity contribution in [1.82, 2.24) is 0 Å². The first-order valence-corrected chi connectivity index (χ1v) is 5.24. The molecule has 0 amide bonds. The zero-order valence-corrected chi connectivity index (χ0v) is 9.07. The summed E-state index contributed by atoms with van der Waals surface area (Å²) in [5.74, 6) is -0.986. The minimum Gasteiger partial charge on any atom is -0.459 e. The third-order valence-corrected chi connectivity index (χ3v) is 2.84. The standard InChI is InChI=1S/C13H13FO2/c1-8-7-11(9(2)13(15)16-8)10-5-3-4-6-12(10)14/h3-6,8,11H,2,7H2,1H3. The number of carbonyl (C=O) groups excluding carboxylic acids is 1. The molecule has 2 unspecified atom stereocenters. The maximum atomic E-state index is 13.6. The Morgan fingerprint density at radius 1 is 1.44 bits per heavy atom. The molecule has 0 radical (unpaired) electrons. The number of rotatable bonds is 1. The maximum absolute atomic E-state index is 13.6. The topological polar surface area (TPSA) is 26.3 Å². The molecule has 0 spiro atoms. The summed E-state index contributed by atoms with van der Waals surface area (Å²) >= 11 is 0. The van der Waals surface area contributed by atoms with Crippen molar-refractivity contribution in [2.45, 2.75) is 25.4 Å². The van der Waals surface area contributed by atoms with E-state index in [1.54, 1.807) is 25.1 Å². The average molecular weight is 220 g/mol. The van der Waals surface area contributed by atoms with Gasteiger partial charge in [-0.15, -0.1) is 0 Å². The molecule has 0 bridgehead atoms. The van der Waals surface area contributed by atoms with E-state index in [1.165, 1.54) is 6.07 Å². The highest BCUT2D eigenvalue weighted by atomic mass is 19.1. The molecule has 3 heteroatoms. The van der Waals surface area contributed by atoms with Crippen LogP contribution in [0, 0.1) is 5.82 Å². The summed E-state index contributed by atoms with van der Waals surface area (Å²) in [6.07, 6.45) is 0.397. The molecule has 1 heterocycles. The highest BCUT2D eigenvalue weighted by Crippen LogP contribution is 2.35. The van der Waals surface area contributed by atoms with Gasteiger partial charge in [-0.1, -0.05) is 24.8 Å².